The van der Waals surface area contributed by atoms with Crippen molar-refractivity contribution in [1.29, 1.82) is 0 Å². The standard InChI is InChI=1S/C26H19Cl2N2O2PS.CH4O/c1-30(33(2)24-10-9-18(27)12-19(24)28)21-14-25(34-26(21)15-31)17-7-5-16(6-8-17)23-13-20-22(32-23)4-3-11-29-20;1-2/h3-15H,1-2H3;2H,1H3. The molecule has 36 heavy (non-hydrogen) atoms. The lowest BCUT2D eigenvalue weighted by Crippen LogP contribution is -2.18. The molecular weight excluding hydrogens is 534 g/mol. The Morgan fingerprint density at radius 3 is 2.42 bits per heavy atom. The quantitative estimate of drug-likeness (QED) is 0.171. The molecular formula is C27H23Cl2N2O3PS. The van der Waals surface area contributed by atoms with Crippen molar-refractivity contribution in [3.63, 3.8) is 0 Å². The minimum Gasteiger partial charge on any atom is -0.454 e. The average molecular weight is 557 g/mol. The number of rotatable bonds is 6. The van der Waals surface area contributed by atoms with Crippen LogP contribution in [0, 0.1) is 0 Å². The normalized spacial score (nSPS) is 11.6. The van der Waals surface area contributed by atoms with E-state index in [1.54, 1.807) is 12.3 Å². The third kappa shape index (κ3) is 5.34. The zero-order chi connectivity index (χ0) is 25.8. The van der Waals surface area contributed by atoms with Crippen LogP contribution in [0.25, 0.3) is 32.9 Å². The molecule has 0 aliphatic heterocycles. The predicted octanol–water partition coefficient (Wildman–Crippen LogP) is 7.74. The van der Waals surface area contributed by atoms with E-state index in [0.717, 1.165) is 57.3 Å². The zero-order valence-electron chi connectivity index (χ0n) is 19.8. The molecule has 0 saturated heterocycles. The van der Waals surface area contributed by atoms with Gasteiger partial charge in [0.05, 0.1) is 15.6 Å². The highest BCUT2D eigenvalue weighted by Crippen LogP contribution is 2.45. The van der Waals surface area contributed by atoms with Crippen LogP contribution in [0.1, 0.15) is 9.67 Å². The molecule has 1 unspecified atom stereocenters. The van der Waals surface area contributed by atoms with Crippen LogP contribution in [0.2, 0.25) is 10.0 Å². The number of anilines is 1. The van der Waals surface area contributed by atoms with Gasteiger partial charge in [-0.25, -0.2) is 0 Å². The summed E-state index contributed by atoms with van der Waals surface area (Å²) in [5.74, 6) is 0.775. The molecule has 0 aliphatic rings. The van der Waals surface area contributed by atoms with Crippen LogP contribution in [0.3, 0.4) is 0 Å². The number of aldehydes is 1. The molecule has 1 atom stereocenters. The summed E-state index contributed by atoms with van der Waals surface area (Å²) in [4.78, 5) is 17.9. The number of furan rings is 1. The fourth-order valence-electron chi connectivity index (χ4n) is 3.75. The van der Waals surface area contributed by atoms with Gasteiger partial charge < -0.3 is 14.2 Å². The average Bonchev–Trinajstić information content (AvgIpc) is 3.54. The summed E-state index contributed by atoms with van der Waals surface area (Å²) >= 11 is 14.0. The Balaban J connectivity index is 0.00000148. The molecule has 184 valence electrons. The SMILES string of the molecule is CN(c1cc(-c2ccc(-c3cc4ncccc4o3)cc2)sc1C=O)P(C)c1ccc(Cl)cc1Cl.CO. The Morgan fingerprint density at radius 1 is 1.03 bits per heavy atom. The van der Waals surface area contributed by atoms with Crippen LogP contribution < -0.4 is 9.97 Å². The number of aliphatic hydroxyl groups is 1. The van der Waals surface area contributed by atoms with Gasteiger partial charge in [0.1, 0.15) is 11.3 Å². The van der Waals surface area contributed by atoms with Crippen molar-refractivity contribution in [3.8, 4) is 21.8 Å². The number of halogens is 2. The zero-order valence-corrected chi connectivity index (χ0v) is 23.0. The maximum atomic E-state index is 11.9. The number of nitrogens with zero attached hydrogens (tertiary/aromatic N) is 2. The van der Waals surface area contributed by atoms with Crippen LogP contribution in [0.4, 0.5) is 5.69 Å². The first-order valence-corrected chi connectivity index (χ1v) is 14.2. The van der Waals surface area contributed by atoms with E-state index in [0.29, 0.717) is 14.9 Å². The molecule has 0 aliphatic carbocycles. The van der Waals surface area contributed by atoms with Gasteiger partial charge in [-0.05, 0) is 48.6 Å². The highest BCUT2D eigenvalue weighted by atomic mass is 35.5. The molecule has 0 saturated carbocycles. The minimum atomic E-state index is -0.797. The number of carbonyl (C=O) groups is 1. The summed E-state index contributed by atoms with van der Waals surface area (Å²) < 4.78 is 8.06. The van der Waals surface area contributed by atoms with Gasteiger partial charge in [0.15, 0.2) is 11.9 Å². The Hall–Kier alpha value is -2.73. The number of fused-ring (bicyclic) bond motifs is 1. The van der Waals surface area contributed by atoms with Crippen molar-refractivity contribution < 1.29 is 14.3 Å². The molecule has 9 heteroatoms. The Labute approximate surface area is 224 Å². The van der Waals surface area contributed by atoms with E-state index in [4.69, 9.17) is 32.7 Å². The van der Waals surface area contributed by atoms with Crippen LogP contribution in [0.5, 0.6) is 0 Å². The van der Waals surface area contributed by atoms with Crippen LogP contribution in [0.15, 0.2) is 77.3 Å². The van der Waals surface area contributed by atoms with Crippen molar-refractivity contribution in [2.45, 2.75) is 0 Å². The highest BCUT2D eigenvalue weighted by molar-refractivity contribution is 7.66. The molecule has 5 rings (SSSR count). The number of aromatic nitrogens is 1. The summed E-state index contributed by atoms with van der Waals surface area (Å²) in [6.45, 7) is 2.12. The van der Waals surface area contributed by atoms with E-state index in [2.05, 4.69) is 22.4 Å². The van der Waals surface area contributed by atoms with Gasteiger partial charge >= 0.3 is 0 Å². The number of benzene rings is 2. The first-order valence-electron chi connectivity index (χ1n) is 10.9. The van der Waals surface area contributed by atoms with Gasteiger partial charge in [-0.15, -0.1) is 11.3 Å². The summed E-state index contributed by atoms with van der Waals surface area (Å²) in [5.41, 5.74) is 4.50. The molecule has 0 bridgehead atoms. The van der Waals surface area contributed by atoms with Gasteiger partial charge in [-0.2, -0.15) is 0 Å². The number of hydrogen-bond donors (Lipinski definition) is 1. The highest BCUT2D eigenvalue weighted by Gasteiger charge is 2.21. The molecule has 0 spiro atoms. The second-order valence-corrected chi connectivity index (χ2v) is 11.8. The molecule has 0 amide bonds. The topological polar surface area (TPSA) is 66.6 Å². The number of aliphatic hydroxyl groups excluding tert-OH is 1. The maximum absolute atomic E-state index is 11.9. The Morgan fingerprint density at radius 2 is 1.75 bits per heavy atom. The lowest BCUT2D eigenvalue weighted by atomic mass is 10.1. The van der Waals surface area contributed by atoms with Gasteiger partial charge in [-0.3, -0.25) is 9.78 Å². The third-order valence-corrected chi connectivity index (χ3v) is 9.63. The molecule has 5 aromatic rings. The summed E-state index contributed by atoms with van der Waals surface area (Å²) in [6, 6.07) is 21.5. The van der Waals surface area contributed by atoms with E-state index >= 15 is 0 Å². The summed E-state index contributed by atoms with van der Waals surface area (Å²) in [5, 5.41) is 9.25. The lowest BCUT2D eigenvalue weighted by Gasteiger charge is -2.27. The Bertz CT molecular complexity index is 1470. The summed E-state index contributed by atoms with van der Waals surface area (Å²) in [6.07, 6.45) is 2.67. The first-order chi connectivity index (χ1) is 17.4. The number of pyridine rings is 1. The van der Waals surface area contributed by atoms with Crippen molar-refractivity contribution >= 4 is 71.0 Å². The van der Waals surface area contributed by atoms with E-state index < -0.39 is 8.07 Å². The third-order valence-electron chi connectivity index (χ3n) is 5.65. The van der Waals surface area contributed by atoms with Crippen LogP contribution >= 0.6 is 42.6 Å². The van der Waals surface area contributed by atoms with E-state index in [9.17, 15) is 4.79 Å². The maximum Gasteiger partial charge on any atom is 0.162 e. The first kappa shape index (κ1) is 26.3. The summed E-state index contributed by atoms with van der Waals surface area (Å²) in [7, 11) is 2.20. The molecule has 2 aromatic carbocycles. The molecule has 5 nitrogen and oxygen atoms in total. The second kappa shape index (κ2) is 11.5. The molecule has 3 aromatic heterocycles. The van der Waals surface area contributed by atoms with Gasteiger partial charge in [0.25, 0.3) is 0 Å². The predicted molar refractivity (Wildman–Crippen MR) is 154 cm³/mol. The number of hydrogen-bond acceptors (Lipinski definition) is 6. The minimum absolute atomic E-state index is 0.605. The van der Waals surface area contributed by atoms with Crippen molar-refractivity contribution in [2.75, 3.05) is 25.5 Å². The van der Waals surface area contributed by atoms with E-state index in [-0.39, 0.29) is 0 Å². The largest absolute Gasteiger partial charge is 0.454 e. The van der Waals surface area contributed by atoms with E-state index in [1.807, 2.05) is 61.6 Å². The Kier molecular flexibility index (Phi) is 8.45. The smallest absolute Gasteiger partial charge is 0.162 e. The van der Waals surface area contributed by atoms with Crippen molar-refractivity contribution in [1.82, 2.24) is 4.98 Å². The van der Waals surface area contributed by atoms with Gasteiger partial charge in [0.2, 0.25) is 0 Å². The lowest BCUT2D eigenvalue weighted by molar-refractivity contribution is 0.112. The van der Waals surface area contributed by atoms with Crippen LogP contribution in [-0.4, -0.2) is 37.2 Å². The van der Waals surface area contributed by atoms with Crippen molar-refractivity contribution in [3.05, 3.63) is 87.8 Å². The second-order valence-electron chi connectivity index (χ2n) is 7.70. The fraction of sp³-hybridized carbons (Fsp3) is 0.111. The number of carbonyl (C=O) groups excluding carboxylic acids is 1. The monoisotopic (exact) mass is 556 g/mol. The van der Waals surface area contributed by atoms with Gasteiger partial charge in [-0.1, -0.05) is 47.5 Å². The van der Waals surface area contributed by atoms with Crippen molar-refractivity contribution in [2.24, 2.45) is 0 Å². The molecule has 0 radical (unpaired) electrons. The number of thiophene rings is 1. The van der Waals surface area contributed by atoms with Gasteiger partial charge in [0, 0.05) is 55.3 Å². The molecule has 0 fully saturated rings. The molecule has 3 heterocycles. The molecule has 1 N–H and O–H groups in total. The van der Waals surface area contributed by atoms with Crippen LogP contribution in [-0.2, 0) is 0 Å². The van der Waals surface area contributed by atoms with E-state index in [1.165, 1.54) is 11.3 Å². The fourth-order valence-corrected chi connectivity index (χ4v) is 7.08.